The smallest absolute Gasteiger partial charge is 0.0627 e. The molecule has 1 atom stereocenters. The van der Waals surface area contributed by atoms with Crippen LogP contribution in [0.15, 0.2) is 0 Å². The first-order valence-electron chi connectivity index (χ1n) is 4.80. The van der Waals surface area contributed by atoms with Gasteiger partial charge < -0.3 is 0 Å². The maximum Gasteiger partial charge on any atom is 0.0627 e. The predicted octanol–water partition coefficient (Wildman–Crippen LogP) is 2.08. The van der Waals surface area contributed by atoms with Crippen LogP contribution in [0.2, 0.25) is 0 Å². The lowest BCUT2D eigenvalue weighted by atomic mass is 10.1. The van der Waals surface area contributed by atoms with Gasteiger partial charge in [0.15, 0.2) is 0 Å². The van der Waals surface area contributed by atoms with E-state index in [1.54, 1.807) is 0 Å². The van der Waals surface area contributed by atoms with Crippen LogP contribution in [-0.4, -0.2) is 15.7 Å². The Morgan fingerprint density at radius 1 is 1.54 bits per heavy atom. The van der Waals surface area contributed by atoms with Gasteiger partial charge in [-0.15, -0.1) is 0 Å². The van der Waals surface area contributed by atoms with Gasteiger partial charge in [-0.05, 0) is 24.2 Å². The molecule has 0 saturated heterocycles. The topological polar surface area (TPSA) is 40.9 Å². The number of rotatable bonds is 5. The van der Waals surface area contributed by atoms with Crippen LogP contribution in [0.3, 0.4) is 0 Å². The van der Waals surface area contributed by atoms with Crippen molar-refractivity contribution in [2.24, 2.45) is 11.3 Å². The second kappa shape index (κ2) is 4.23. The highest BCUT2D eigenvalue weighted by Gasteiger charge is 2.43. The second-order valence-corrected chi connectivity index (χ2v) is 5.98. The number of nitriles is 1. The molecule has 74 valence electrons. The third-order valence-corrected chi connectivity index (χ3v) is 4.37. The van der Waals surface area contributed by atoms with Gasteiger partial charge in [0.05, 0.1) is 6.07 Å². The standard InChI is InChI=1S/C10H17NOS/c1-9(2)7-13(12)8-10(3-4-10)5-6-11/h9H,3-5,7-8H2,1-2H3. The summed E-state index contributed by atoms with van der Waals surface area (Å²) in [5, 5.41) is 8.59. The lowest BCUT2D eigenvalue weighted by molar-refractivity contribution is 0.583. The van der Waals surface area contributed by atoms with Gasteiger partial charge in [-0.25, -0.2) is 0 Å². The van der Waals surface area contributed by atoms with Crippen LogP contribution < -0.4 is 0 Å². The van der Waals surface area contributed by atoms with Crippen molar-refractivity contribution in [3.63, 3.8) is 0 Å². The Bertz CT molecular complexity index is 238. The van der Waals surface area contributed by atoms with Gasteiger partial charge in [0, 0.05) is 28.7 Å². The minimum atomic E-state index is -0.710. The summed E-state index contributed by atoms with van der Waals surface area (Å²) in [6.45, 7) is 4.17. The summed E-state index contributed by atoms with van der Waals surface area (Å²) in [6.07, 6.45) is 2.80. The summed E-state index contributed by atoms with van der Waals surface area (Å²) in [5.41, 5.74) is 0.147. The van der Waals surface area contributed by atoms with E-state index < -0.39 is 10.8 Å². The fourth-order valence-electron chi connectivity index (χ4n) is 1.49. The zero-order valence-electron chi connectivity index (χ0n) is 8.38. The van der Waals surface area contributed by atoms with Crippen molar-refractivity contribution in [3.8, 4) is 6.07 Å². The van der Waals surface area contributed by atoms with Crippen molar-refractivity contribution < 1.29 is 4.21 Å². The Hall–Kier alpha value is -0.360. The molecular formula is C10H17NOS. The molecule has 1 rings (SSSR count). The molecule has 0 heterocycles. The zero-order chi connectivity index (χ0) is 9.90. The molecule has 1 saturated carbocycles. The number of hydrogen-bond acceptors (Lipinski definition) is 2. The van der Waals surface area contributed by atoms with Crippen molar-refractivity contribution >= 4 is 10.8 Å². The molecule has 0 bridgehead atoms. The van der Waals surface area contributed by atoms with Crippen LogP contribution in [0.5, 0.6) is 0 Å². The fourth-order valence-corrected chi connectivity index (χ4v) is 3.42. The molecule has 1 unspecified atom stereocenters. The minimum Gasteiger partial charge on any atom is -0.260 e. The molecule has 0 amide bonds. The summed E-state index contributed by atoms with van der Waals surface area (Å²) in [6, 6.07) is 2.19. The first kappa shape index (κ1) is 10.7. The van der Waals surface area contributed by atoms with Gasteiger partial charge in [0.2, 0.25) is 0 Å². The van der Waals surface area contributed by atoms with Crippen LogP contribution in [0.25, 0.3) is 0 Å². The Balaban J connectivity index is 2.32. The predicted molar refractivity (Wildman–Crippen MR) is 54.6 cm³/mol. The van der Waals surface area contributed by atoms with Gasteiger partial charge in [-0.1, -0.05) is 13.8 Å². The van der Waals surface area contributed by atoms with E-state index in [2.05, 4.69) is 19.9 Å². The molecule has 1 aliphatic carbocycles. The molecule has 0 aromatic heterocycles. The molecule has 0 aromatic rings. The third kappa shape index (κ3) is 3.48. The first-order chi connectivity index (χ1) is 6.08. The van der Waals surface area contributed by atoms with E-state index in [9.17, 15) is 4.21 Å². The van der Waals surface area contributed by atoms with E-state index in [1.807, 2.05) is 0 Å². The van der Waals surface area contributed by atoms with Crippen LogP contribution in [-0.2, 0) is 10.8 Å². The third-order valence-electron chi connectivity index (χ3n) is 2.40. The van der Waals surface area contributed by atoms with Crippen LogP contribution >= 0.6 is 0 Å². The summed E-state index contributed by atoms with van der Waals surface area (Å²) in [4.78, 5) is 0. The second-order valence-electron chi connectivity index (χ2n) is 4.48. The molecular weight excluding hydrogens is 182 g/mol. The number of hydrogen-bond donors (Lipinski definition) is 0. The average Bonchev–Trinajstić information content (AvgIpc) is 2.67. The number of nitrogens with zero attached hydrogens (tertiary/aromatic N) is 1. The highest BCUT2D eigenvalue weighted by atomic mass is 32.2. The first-order valence-corrected chi connectivity index (χ1v) is 6.29. The molecule has 0 N–H and O–H groups in total. The summed E-state index contributed by atoms with van der Waals surface area (Å²) in [5.74, 6) is 2.03. The SMILES string of the molecule is CC(C)CS(=O)CC1(CC#N)CC1. The van der Waals surface area contributed by atoms with E-state index in [1.165, 1.54) is 0 Å². The highest BCUT2D eigenvalue weighted by Crippen LogP contribution is 2.49. The van der Waals surface area contributed by atoms with Crippen molar-refractivity contribution in [3.05, 3.63) is 0 Å². The summed E-state index contributed by atoms with van der Waals surface area (Å²) in [7, 11) is -0.710. The van der Waals surface area contributed by atoms with E-state index in [4.69, 9.17) is 5.26 Å². The lowest BCUT2D eigenvalue weighted by Gasteiger charge is -2.11. The van der Waals surface area contributed by atoms with E-state index in [0.717, 1.165) is 24.3 Å². The van der Waals surface area contributed by atoms with Gasteiger partial charge in [0.1, 0.15) is 0 Å². The summed E-state index contributed by atoms with van der Waals surface area (Å²) >= 11 is 0. The molecule has 1 aliphatic rings. The van der Waals surface area contributed by atoms with Gasteiger partial charge >= 0.3 is 0 Å². The Kier molecular flexibility index (Phi) is 3.49. The van der Waals surface area contributed by atoms with Crippen LogP contribution in [0, 0.1) is 22.7 Å². The van der Waals surface area contributed by atoms with Crippen molar-refractivity contribution in [1.82, 2.24) is 0 Å². The molecule has 0 radical (unpaired) electrons. The molecule has 0 aliphatic heterocycles. The minimum absolute atomic E-state index is 0.147. The van der Waals surface area contributed by atoms with Crippen LogP contribution in [0.1, 0.15) is 33.1 Å². The zero-order valence-corrected chi connectivity index (χ0v) is 9.19. The van der Waals surface area contributed by atoms with E-state index >= 15 is 0 Å². The van der Waals surface area contributed by atoms with Crippen molar-refractivity contribution in [2.75, 3.05) is 11.5 Å². The fraction of sp³-hybridized carbons (Fsp3) is 0.900. The Labute approximate surface area is 82.8 Å². The monoisotopic (exact) mass is 199 g/mol. The Morgan fingerprint density at radius 3 is 2.54 bits per heavy atom. The van der Waals surface area contributed by atoms with Gasteiger partial charge in [0.25, 0.3) is 0 Å². The maximum atomic E-state index is 11.6. The maximum absolute atomic E-state index is 11.6. The molecule has 0 spiro atoms. The van der Waals surface area contributed by atoms with Crippen LogP contribution in [0.4, 0.5) is 0 Å². The highest BCUT2D eigenvalue weighted by molar-refractivity contribution is 7.85. The molecule has 1 fully saturated rings. The van der Waals surface area contributed by atoms with E-state index in [0.29, 0.717) is 12.3 Å². The largest absolute Gasteiger partial charge is 0.260 e. The van der Waals surface area contributed by atoms with Gasteiger partial charge in [-0.2, -0.15) is 5.26 Å². The van der Waals surface area contributed by atoms with Crippen molar-refractivity contribution in [2.45, 2.75) is 33.1 Å². The quantitative estimate of drug-likeness (QED) is 0.680. The Morgan fingerprint density at radius 2 is 2.15 bits per heavy atom. The lowest BCUT2D eigenvalue weighted by Crippen LogP contribution is -2.16. The van der Waals surface area contributed by atoms with E-state index in [-0.39, 0.29) is 5.41 Å². The molecule has 2 nitrogen and oxygen atoms in total. The molecule has 13 heavy (non-hydrogen) atoms. The molecule has 3 heteroatoms. The van der Waals surface area contributed by atoms with Crippen molar-refractivity contribution in [1.29, 1.82) is 5.26 Å². The molecule has 0 aromatic carbocycles. The van der Waals surface area contributed by atoms with Gasteiger partial charge in [-0.3, -0.25) is 4.21 Å². The summed E-state index contributed by atoms with van der Waals surface area (Å²) < 4.78 is 11.6. The normalized spacial score (nSPS) is 21.1. The average molecular weight is 199 g/mol.